The van der Waals surface area contributed by atoms with Crippen LogP contribution in [0.3, 0.4) is 0 Å². The minimum Gasteiger partial charge on any atom is -0.465 e. The van der Waals surface area contributed by atoms with Crippen molar-refractivity contribution in [2.24, 2.45) is 0 Å². The van der Waals surface area contributed by atoms with Crippen molar-refractivity contribution >= 4 is 29.3 Å². The second-order valence-electron chi connectivity index (χ2n) is 4.66. The van der Waals surface area contributed by atoms with Gasteiger partial charge in [-0.25, -0.2) is 9.18 Å². The molecule has 1 heterocycles. The molecular weight excluding hydrogens is 295 g/mol. The van der Waals surface area contributed by atoms with Crippen LogP contribution in [0.25, 0.3) is 0 Å². The summed E-state index contributed by atoms with van der Waals surface area (Å²) in [6, 6.07) is 3.72. The van der Waals surface area contributed by atoms with Crippen LogP contribution in [-0.4, -0.2) is 43.1 Å². The van der Waals surface area contributed by atoms with Crippen molar-refractivity contribution in [3.63, 3.8) is 0 Å². The Hall–Kier alpha value is -1.60. The number of hydrogen-bond donors (Lipinski definition) is 2. The van der Waals surface area contributed by atoms with E-state index in [9.17, 15) is 14.0 Å². The summed E-state index contributed by atoms with van der Waals surface area (Å²) in [6.07, 6.45) is 0.311. The third-order valence-corrected chi connectivity index (χ3v) is 4.22. The Morgan fingerprint density at radius 3 is 3.00 bits per heavy atom. The molecule has 1 aliphatic rings. The fourth-order valence-electron chi connectivity index (χ4n) is 2.08. The summed E-state index contributed by atoms with van der Waals surface area (Å²) < 4.78 is 17.8. The van der Waals surface area contributed by atoms with Crippen molar-refractivity contribution in [2.45, 2.75) is 12.5 Å². The summed E-state index contributed by atoms with van der Waals surface area (Å²) in [5, 5.41) is 5.90. The second-order valence-corrected chi connectivity index (χ2v) is 5.81. The van der Waals surface area contributed by atoms with Crippen molar-refractivity contribution in [3.05, 3.63) is 29.6 Å². The van der Waals surface area contributed by atoms with E-state index in [0.29, 0.717) is 6.42 Å². The average Bonchev–Trinajstić information content (AvgIpc) is 2.49. The molecule has 0 spiro atoms. The number of methoxy groups -OCH3 is 1. The zero-order valence-electron chi connectivity index (χ0n) is 11.6. The summed E-state index contributed by atoms with van der Waals surface area (Å²) in [5.41, 5.74) is 0.272. The Morgan fingerprint density at radius 2 is 2.33 bits per heavy atom. The Labute approximate surface area is 126 Å². The summed E-state index contributed by atoms with van der Waals surface area (Å²) in [4.78, 5) is 23.6. The first-order valence-corrected chi connectivity index (χ1v) is 7.74. The highest BCUT2D eigenvalue weighted by Gasteiger charge is 2.19. The number of benzene rings is 1. The fraction of sp³-hybridized carbons (Fsp3) is 0.429. The normalized spacial score (nSPS) is 18.1. The number of anilines is 1. The molecule has 1 aromatic carbocycles. The lowest BCUT2D eigenvalue weighted by atomic mass is 10.1. The number of thioether (sulfide) groups is 1. The minimum absolute atomic E-state index is 0.0110. The molecule has 0 bridgehead atoms. The molecule has 1 fully saturated rings. The average molecular weight is 312 g/mol. The number of halogens is 1. The lowest BCUT2D eigenvalue weighted by Crippen LogP contribution is -2.40. The molecule has 1 aromatic rings. The van der Waals surface area contributed by atoms with Gasteiger partial charge in [0, 0.05) is 30.5 Å². The standard InChI is InChI=1S/C14H17FN2O3S/c1-20-14(19)11-6-9(15)2-3-12(11)17-13(18)7-10-8-21-5-4-16-10/h2-3,6,10,16H,4-5,7-8H2,1H3,(H,17,18). The predicted molar refractivity (Wildman–Crippen MR) is 80.1 cm³/mol. The maximum atomic E-state index is 13.2. The number of ether oxygens (including phenoxy) is 1. The van der Waals surface area contributed by atoms with E-state index in [2.05, 4.69) is 15.4 Å². The minimum atomic E-state index is -0.684. The van der Waals surface area contributed by atoms with Gasteiger partial charge in [0.2, 0.25) is 5.91 Å². The molecule has 2 rings (SSSR count). The van der Waals surface area contributed by atoms with Gasteiger partial charge in [0.15, 0.2) is 0 Å². The first-order valence-electron chi connectivity index (χ1n) is 6.59. The van der Waals surface area contributed by atoms with Crippen LogP contribution >= 0.6 is 11.8 Å². The summed E-state index contributed by atoms with van der Waals surface area (Å²) in [5.74, 6) is 0.463. The zero-order valence-corrected chi connectivity index (χ0v) is 12.5. The molecule has 0 aromatic heterocycles. The molecule has 0 aliphatic carbocycles. The summed E-state index contributed by atoms with van der Waals surface area (Å²) in [6.45, 7) is 0.882. The summed E-state index contributed by atoms with van der Waals surface area (Å²) >= 11 is 1.80. The van der Waals surface area contributed by atoms with Gasteiger partial charge >= 0.3 is 5.97 Å². The van der Waals surface area contributed by atoms with E-state index in [-0.39, 0.29) is 23.2 Å². The molecule has 5 nitrogen and oxygen atoms in total. The first kappa shape index (κ1) is 15.8. The van der Waals surface area contributed by atoms with Crippen molar-refractivity contribution < 1.29 is 18.7 Å². The molecule has 0 saturated carbocycles. The number of hydrogen-bond acceptors (Lipinski definition) is 5. The highest BCUT2D eigenvalue weighted by Crippen LogP contribution is 2.19. The van der Waals surface area contributed by atoms with Gasteiger partial charge < -0.3 is 15.4 Å². The Bertz CT molecular complexity index is 533. The van der Waals surface area contributed by atoms with Gasteiger partial charge in [-0.05, 0) is 18.2 Å². The number of esters is 1. The van der Waals surface area contributed by atoms with Gasteiger partial charge in [0.1, 0.15) is 5.82 Å². The quantitative estimate of drug-likeness (QED) is 0.828. The molecular formula is C14H17FN2O3S. The summed E-state index contributed by atoms with van der Waals surface area (Å²) in [7, 11) is 1.21. The lowest BCUT2D eigenvalue weighted by Gasteiger charge is -2.22. The smallest absolute Gasteiger partial charge is 0.340 e. The fourth-order valence-corrected chi connectivity index (χ4v) is 3.03. The van der Waals surface area contributed by atoms with E-state index in [1.165, 1.54) is 19.2 Å². The van der Waals surface area contributed by atoms with E-state index in [4.69, 9.17) is 0 Å². The van der Waals surface area contributed by atoms with E-state index >= 15 is 0 Å². The highest BCUT2D eigenvalue weighted by molar-refractivity contribution is 7.99. The Morgan fingerprint density at radius 1 is 1.52 bits per heavy atom. The molecule has 0 radical (unpaired) electrons. The third kappa shape index (κ3) is 4.44. The number of carbonyl (C=O) groups is 2. The molecule has 1 aliphatic heterocycles. The van der Waals surface area contributed by atoms with Crippen LogP contribution in [0.1, 0.15) is 16.8 Å². The molecule has 1 unspecified atom stereocenters. The van der Waals surface area contributed by atoms with Crippen LogP contribution in [0.2, 0.25) is 0 Å². The van der Waals surface area contributed by atoms with Crippen molar-refractivity contribution in [1.82, 2.24) is 5.32 Å². The maximum absolute atomic E-state index is 13.2. The molecule has 2 N–H and O–H groups in total. The topological polar surface area (TPSA) is 67.4 Å². The van der Waals surface area contributed by atoms with Crippen molar-refractivity contribution in [3.8, 4) is 0 Å². The number of nitrogens with one attached hydrogen (secondary N) is 2. The molecule has 114 valence electrons. The van der Waals surface area contributed by atoms with E-state index in [1.807, 2.05) is 0 Å². The van der Waals surface area contributed by atoms with Gasteiger partial charge in [0.25, 0.3) is 0 Å². The van der Waals surface area contributed by atoms with E-state index < -0.39 is 11.8 Å². The molecule has 7 heteroatoms. The van der Waals surface area contributed by atoms with Gasteiger partial charge in [0.05, 0.1) is 18.4 Å². The van der Waals surface area contributed by atoms with Gasteiger partial charge in [-0.2, -0.15) is 11.8 Å². The van der Waals surface area contributed by atoms with Crippen molar-refractivity contribution in [1.29, 1.82) is 0 Å². The van der Waals surface area contributed by atoms with Crippen molar-refractivity contribution in [2.75, 3.05) is 30.5 Å². The monoisotopic (exact) mass is 312 g/mol. The SMILES string of the molecule is COC(=O)c1cc(F)ccc1NC(=O)CC1CSCCN1. The van der Waals surface area contributed by atoms with Gasteiger partial charge in [-0.1, -0.05) is 0 Å². The molecule has 1 amide bonds. The Kier molecular flexibility index (Phi) is 5.58. The third-order valence-electron chi connectivity index (χ3n) is 3.09. The predicted octanol–water partition coefficient (Wildman–Crippen LogP) is 1.65. The number of amides is 1. The first-order chi connectivity index (χ1) is 10.1. The van der Waals surface area contributed by atoms with Gasteiger partial charge in [-0.3, -0.25) is 4.79 Å². The largest absolute Gasteiger partial charge is 0.465 e. The molecule has 21 heavy (non-hydrogen) atoms. The molecule has 1 atom stereocenters. The Balaban J connectivity index is 2.04. The van der Waals surface area contributed by atoms with Crippen LogP contribution in [-0.2, 0) is 9.53 Å². The van der Waals surface area contributed by atoms with Crippen LogP contribution in [0.5, 0.6) is 0 Å². The van der Waals surface area contributed by atoms with Crippen LogP contribution in [0.15, 0.2) is 18.2 Å². The number of carbonyl (C=O) groups excluding carboxylic acids is 2. The number of rotatable bonds is 4. The molecule has 1 saturated heterocycles. The highest BCUT2D eigenvalue weighted by atomic mass is 32.2. The maximum Gasteiger partial charge on any atom is 0.340 e. The van der Waals surface area contributed by atoms with Gasteiger partial charge in [-0.15, -0.1) is 0 Å². The van der Waals surface area contributed by atoms with Crippen LogP contribution < -0.4 is 10.6 Å². The van der Waals surface area contributed by atoms with E-state index in [1.54, 1.807) is 11.8 Å². The van der Waals surface area contributed by atoms with Crippen LogP contribution in [0.4, 0.5) is 10.1 Å². The lowest BCUT2D eigenvalue weighted by molar-refractivity contribution is -0.116. The van der Waals surface area contributed by atoms with E-state index in [0.717, 1.165) is 24.1 Å². The zero-order chi connectivity index (χ0) is 15.2. The second kappa shape index (κ2) is 7.42. The van der Waals surface area contributed by atoms with Crippen LogP contribution in [0, 0.1) is 5.82 Å².